The van der Waals surface area contributed by atoms with Crippen molar-refractivity contribution in [3.8, 4) is 0 Å². The van der Waals surface area contributed by atoms with Crippen molar-refractivity contribution in [1.29, 1.82) is 0 Å². The molecule has 1 aliphatic rings. The average Bonchev–Trinajstić information content (AvgIpc) is 2.02. The highest BCUT2D eigenvalue weighted by atomic mass is 16.5. The lowest BCUT2D eigenvalue weighted by Crippen LogP contribution is -2.44. The van der Waals surface area contributed by atoms with Gasteiger partial charge in [-0.25, -0.2) is 0 Å². The van der Waals surface area contributed by atoms with E-state index in [1.54, 1.807) is 0 Å². The molecule has 0 aliphatic heterocycles. The van der Waals surface area contributed by atoms with Gasteiger partial charge in [-0.15, -0.1) is 0 Å². The number of nitrogens with one attached hydrogen (secondary N) is 1. The van der Waals surface area contributed by atoms with Crippen molar-refractivity contribution < 1.29 is 4.74 Å². The van der Waals surface area contributed by atoms with Gasteiger partial charge in [0.2, 0.25) is 0 Å². The van der Waals surface area contributed by atoms with Crippen LogP contribution >= 0.6 is 0 Å². The van der Waals surface area contributed by atoms with Gasteiger partial charge >= 0.3 is 0 Å². The summed E-state index contributed by atoms with van der Waals surface area (Å²) in [5, 5.41) is 3.36. The van der Waals surface area contributed by atoms with Crippen LogP contribution in [0.25, 0.3) is 0 Å². The Bertz CT molecular complexity index is 117. The molecule has 12 heavy (non-hydrogen) atoms. The summed E-state index contributed by atoms with van der Waals surface area (Å²) in [6, 6.07) is 0.710. The average molecular weight is 171 g/mol. The molecular formula is C10H21NO. The van der Waals surface area contributed by atoms with E-state index in [1.165, 1.54) is 19.3 Å². The van der Waals surface area contributed by atoms with Crippen LogP contribution in [0.2, 0.25) is 0 Å². The molecule has 0 saturated heterocycles. The highest BCUT2D eigenvalue weighted by Crippen LogP contribution is 2.33. The molecule has 1 N–H and O–H groups in total. The van der Waals surface area contributed by atoms with Crippen molar-refractivity contribution in [2.45, 2.75) is 45.3 Å². The van der Waals surface area contributed by atoms with Gasteiger partial charge in [-0.1, -0.05) is 6.92 Å². The van der Waals surface area contributed by atoms with Crippen molar-refractivity contribution in [1.82, 2.24) is 5.32 Å². The summed E-state index contributed by atoms with van der Waals surface area (Å²) in [6.45, 7) is 5.19. The van der Waals surface area contributed by atoms with Crippen LogP contribution in [0.4, 0.5) is 0 Å². The third-order valence-electron chi connectivity index (χ3n) is 2.91. The number of rotatable bonds is 5. The molecule has 0 heterocycles. The topological polar surface area (TPSA) is 21.3 Å². The second-order valence-corrected chi connectivity index (χ2v) is 3.61. The summed E-state index contributed by atoms with van der Waals surface area (Å²) in [4.78, 5) is 0. The van der Waals surface area contributed by atoms with Crippen molar-refractivity contribution >= 4 is 0 Å². The Hall–Kier alpha value is -0.0800. The maximum absolute atomic E-state index is 5.52. The zero-order valence-electron chi connectivity index (χ0n) is 8.47. The first-order chi connectivity index (χ1) is 5.81. The molecule has 2 heteroatoms. The minimum Gasteiger partial charge on any atom is -0.378 e. The largest absolute Gasteiger partial charge is 0.378 e. The zero-order chi connectivity index (χ0) is 8.97. The van der Waals surface area contributed by atoms with E-state index in [1.807, 2.05) is 0 Å². The molecule has 0 aromatic heterocycles. The van der Waals surface area contributed by atoms with Crippen molar-refractivity contribution in [3.05, 3.63) is 0 Å². The van der Waals surface area contributed by atoms with Gasteiger partial charge in [0.1, 0.15) is 0 Å². The van der Waals surface area contributed by atoms with E-state index in [2.05, 4.69) is 26.2 Å². The van der Waals surface area contributed by atoms with E-state index in [-0.39, 0.29) is 0 Å². The third-order valence-corrected chi connectivity index (χ3v) is 2.91. The van der Waals surface area contributed by atoms with Crippen LogP contribution in [-0.2, 0) is 4.74 Å². The molecule has 0 spiro atoms. The summed E-state index contributed by atoms with van der Waals surface area (Å²) in [7, 11) is 2.06. The Morgan fingerprint density at radius 3 is 2.50 bits per heavy atom. The third kappa shape index (κ3) is 2.20. The zero-order valence-corrected chi connectivity index (χ0v) is 8.47. The quantitative estimate of drug-likeness (QED) is 0.681. The lowest BCUT2D eigenvalue weighted by molar-refractivity contribution is -0.0347. The molecule has 1 atom stereocenters. The monoisotopic (exact) mass is 171 g/mol. The Balaban J connectivity index is 2.14. The Labute approximate surface area is 75.7 Å². The van der Waals surface area contributed by atoms with E-state index < -0.39 is 0 Å². The van der Waals surface area contributed by atoms with Gasteiger partial charge in [0.15, 0.2) is 0 Å². The molecule has 72 valence electrons. The van der Waals surface area contributed by atoms with Crippen LogP contribution in [-0.4, -0.2) is 25.8 Å². The van der Waals surface area contributed by atoms with Gasteiger partial charge < -0.3 is 10.1 Å². The molecule has 0 aromatic rings. The predicted molar refractivity (Wildman–Crippen MR) is 51.3 cm³/mol. The molecule has 0 aromatic carbocycles. The lowest BCUT2D eigenvalue weighted by atomic mass is 9.76. The summed E-state index contributed by atoms with van der Waals surface area (Å²) >= 11 is 0. The maximum atomic E-state index is 5.52. The summed E-state index contributed by atoms with van der Waals surface area (Å²) in [5.74, 6) is 0.858. The van der Waals surface area contributed by atoms with Crippen molar-refractivity contribution in [3.63, 3.8) is 0 Å². The van der Waals surface area contributed by atoms with Crippen LogP contribution in [0.15, 0.2) is 0 Å². The second-order valence-electron chi connectivity index (χ2n) is 3.61. The fraction of sp³-hybridized carbons (Fsp3) is 1.00. The fourth-order valence-electron chi connectivity index (χ4n) is 2.08. The molecule has 0 bridgehead atoms. The predicted octanol–water partition coefficient (Wildman–Crippen LogP) is 1.80. The minimum absolute atomic E-state index is 0.558. The van der Waals surface area contributed by atoms with Gasteiger partial charge in [-0.05, 0) is 39.2 Å². The smallest absolute Gasteiger partial charge is 0.0581 e. The maximum Gasteiger partial charge on any atom is 0.0581 e. The molecule has 1 rings (SSSR count). The van der Waals surface area contributed by atoms with Crippen molar-refractivity contribution in [2.24, 2.45) is 5.92 Å². The lowest BCUT2D eigenvalue weighted by Gasteiger charge is -2.39. The first-order valence-electron chi connectivity index (χ1n) is 5.10. The Kier molecular flexibility index (Phi) is 4.02. The van der Waals surface area contributed by atoms with Crippen LogP contribution < -0.4 is 5.32 Å². The van der Waals surface area contributed by atoms with E-state index >= 15 is 0 Å². The molecule has 0 radical (unpaired) electrons. The van der Waals surface area contributed by atoms with Crippen LogP contribution in [0, 0.1) is 5.92 Å². The number of hydrogen-bond acceptors (Lipinski definition) is 2. The van der Waals surface area contributed by atoms with E-state index in [0.29, 0.717) is 12.1 Å². The normalized spacial score (nSPS) is 31.2. The van der Waals surface area contributed by atoms with Crippen LogP contribution in [0.1, 0.15) is 33.1 Å². The Morgan fingerprint density at radius 2 is 2.08 bits per heavy atom. The van der Waals surface area contributed by atoms with E-state index in [9.17, 15) is 0 Å². The SMILES string of the molecule is CCOC1CC(C(CC)NC)C1. The van der Waals surface area contributed by atoms with Gasteiger partial charge in [-0.2, -0.15) is 0 Å². The van der Waals surface area contributed by atoms with Gasteiger partial charge in [0.05, 0.1) is 6.10 Å². The summed E-state index contributed by atoms with van der Waals surface area (Å²) < 4.78 is 5.52. The molecule has 1 saturated carbocycles. The molecule has 2 nitrogen and oxygen atoms in total. The molecule has 1 aliphatic carbocycles. The standard InChI is InChI=1S/C10H21NO/c1-4-10(11-3)8-6-9(7-8)12-5-2/h8-11H,4-7H2,1-3H3. The first kappa shape index (κ1) is 10.0. The molecule has 1 unspecified atom stereocenters. The molecular weight excluding hydrogens is 150 g/mol. The van der Waals surface area contributed by atoms with Gasteiger partial charge in [0.25, 0.3) is 0 Å². The van der Waals surface area contributed by atoms with Gasteiger partial charge in [-0.3, -0.25) is 0 Å². The summed E-state index contributed by atoms with van der Waals surface area (Å²) in [5.41, 5.74) is 0. The fourth-order valence-corrected chi connectivity index (χ4v) is 2.08. The Morgan fingerprint density at radius 1 is 1.42 bits per heavy atom. The second kappa shape index (κ2) is 4.83. The van der Waals surface area contributed by atoms with Gasteiger partial charge in [0, 0.05) is 12.6 Å². The number of ether oxygens (including phenoxy) is 1. The van der Waals surface area contributed by atoms with Crippen LogP contribution in [0.5, 0.6) is 0 Å². The first-order valence-corrected chi connectivity index (χ1v) is 5.10. The van der Waals surface area contributed by atoms with E-state index in [0.717, 1.165) is 12.5 Å². The summed E-state index contributed by atoms with van der Waals surface area (Å²) in [6.07, 6.45) is 4.31. The van der Waals surface area contributed by atoms with E-state index in [4.69, 9.17) is 4.74 Å². The highest BCUT2D eigenvalue weighted by molar-refractivity contribution is 4.87. The van der Waals surface area contributed by atoms with Crippen LogP contribution in [0.3, 0.4) is 0 Å². The molecule has 0 amide bonds. The number of hydrogen-bond donors (Lipinski definition) is 1. The highest BCUT2D eigenvalue weighted by Gasteiger charge is 2.33. The van der Waals surface area contributed by atoms with Crippen molar-refractivity contribution in [2.75, 3.05) is 13.7 Å². The molecule has 1 fully saturated rings. The minimum atomic E-state index is 0.558.